The molecule has 1 aliphatic heterocycles. The molecule has 5 rings (SSSR count). The molecule has 7 heteroatoms. The average Bonchev–Trinajstić information content (AvgIpc) is 2.84. The Labute approximate surface area is 204 Å². The molecule has 0 spiro atoms. The molecule has 2 saturated carbocycles. The Balaban J connectivity index is 1.57. The van der Waals surface area contributed by atoms with Crippen LogP contribution in [0, 0.1) is 11.8 Å². The number of hydrogen-bond acceptors (Lipinski definition) is 4. The van der Waals surface area contributed by atoms with Gasteiger partial charge in [0, 0.05) is 39.5 Å². The van der Waals surface area contributed by atoms with E-state index in [1.807, 2.05) is 0 Å². The van der Waals surface area contributed by atoms with Gasteiger partial charge < -0.3 is 10.4 Å². The highest BCUT2D eigenvalue weighted by atomic mass is 16.4. The molecular weight excluding hydrogens is 444 g/mol. The normalized spacial score (nSPS) is 26.6. The van der Waals surface area contributed by atoms with E-state index in [1.165, 1.54) is 17.0 Å². The molecule has 3 aliphatic rings. The third-order valence-electron chi connectivity index (χ3n) is 8.24. The second-order valence-corrected chi connectivity index (χ2v) is 10.7. The van der Waals surface area contributed by atoms with Gasteiger partial charge in [-0.15, -0.1) is 0 Å². The minimum absolute atomic E-state index is 0.0326. The molecule has 1 heterocycles. The number of carboxylic acids is 1. The molecule has 2 aromatic rings. The predicted octanol–water partition coefficient (Wildman–Crippen LogP) is 5.02. The van der Waals surface area contributed by atoms with E-state index in [0.29, 0.717) is 23.0 Å². The summed E-state index contributed by atoms with van der Waals surface area (Å²) in [5, 5.41) is 13.4. The first-order valence-corrected chi connectivity index (χ1v) is 12.8. The number of hydrogen-bond donors (Lipinski definition) is 2. The molecule has 3 amide bonds. The first-order valence-electron chi connectivity index (χ1n) is 12.8. The molecule has 0 saturated heterocycles. The summed E-state index contributed by atoms with van der Waals surface area (Å²) < 4.78 is 0. The summed E-state index contributed by atoms with van der Waals surface area (Å²) in [5.74, 6) is -1.15. The van der Waals surface area contributed by atoms with Crippen LogP contribution in [0.5, 0.6) is 0 Å². The number of amides is 3. The van der Waals surface area contributed by atoms with E-state index < -0.39 is 17.8 Å². The maximum Gasteiger partial charge on any atom is 0.336 e. The first kappa shape index (κ1) is 23.5. The van der Waals surface area contributed by atoms with Crippen LogP contribution in [0.4, 0.5) is 0 Å². The minimum Gasteiger partial charge on any atom is -0.478 e. The van der Waals surface area contributed by atoms with E-state index in [0.717, 1.165) is 51.4 Å². The Morgan fingerprint density at radius 2 is 1.29 bits per heavy atom. The van der Waals surface area contributed by atoms with Crippen LogP contribution in [-0.4, -0.2) is 45.8 Å². The molecule has 7 nitrogen and oxygen atoms in total. The summed E-state index contributed by atoms with van der Waals surface area (Å²) >= 11 is 0. The van der Waals surface area contributed by atoms with Gasteiger partial charge in [-0.2, -0.15) is 0 Å². The van der Waals surface area contributed by atoms with Gasteiger partial charge in [0.1, 0.15) is 0 Å². The summed E-state index contributed by atoms with van der Waals surface area (Å²) in [7, 11) is 0. The van der Waals surface area contributed by atoms with Crippen molar-refractivity contribution < 1.29 is 24.3 Å². The maximum atomic E-state index is 13.6. The number of carboxylic acid groups (broad SMARTS) is 1. The van der Waals surface area contributed by atoms with Crippen LogP contribution in [-0.2, 0) is 0 Å². The molecule has 2 aromatic carbocycles. The number of nitrogens with one attached hydrogen (secondary N) is 1. The molecule has 184 valence electrons. The zero-order chi connectivity index (χ0) is 24.9. The van der Waals surface area contributed by atoms with E-state index in [-0.39, 0.29) is 39.9 Å². The standard InChI is InChI=1S/C28H32N2O5/c1-15-3-7-17(8-4-15)29-25(31)19-11-12-20-24-21(13-14-22(23(19)24)28(34)35)27(33)30(26(20)32)18-9-5-16(2)6-10-18/h11-18H,3-10H2,1-2H3,(H,29,31)(H,34,35). The van der Waals surface area contributed by atoms with Crippen molar-refractivity contribution in [3.05, 3.63) is 46.5 Å². The zero-order valence-corrected chi connectivity index (χ0v) is 20.3. The third-order valence-corrected chi connectivity index (χ3v) is 8.24. The van der Waals surface area contributed by atoms with Gasteiger partial charge in [0.25, 0.3) is 17.7 Å². The van der Waals surface area contributed by atoms with Crippen LogP contribution in [0.3, 0.4) is 0 Å². The van der Waals surface area contributed by atoms with Crippen molar-refractivity contribution >= 4 is 34.5 Å². The van der Waals surface area contributed by atoms with Gasteiger partial charge in [0.2, 0.25) is 0 Å². The summed E-state index contributed by atoms with van der Waals surface area (Å²) in [5.41, 5.74) is 0.703. The third kappa shape index (κ3) is 4.11. The molecule has 35 heavy (non-hydrogen) atoms. The lowest BCUT2D eigenvalue weighted by atomic mass is 9.83. The summed E-state index contributed by atoms with van der Waals surface area (Å²) in [4.78, 5) is 54.0. The van der Waals surface area contributed by atoms with Crippen LogP contribution in [0.2, 0.25) is 0 Å². The highest BCUT2D eigenvalue weighted by molar-refractivity contribution is 6.29. The lowest BCUT2D eigenvalue weighted by Crippen LogP contribution is -2.48. The molecule has 0 aromatic heterocycles. The minimum atomic E-state index is -1.20. The molecule has 2 fully saturated rings. The summed E-state index contributed by atoms with van der Waals surface area (Å²) in [6, 6.07) is 5.88. The zero-order valence-electron chi connectivity index (χ0n) is 20.3. The van der Waals surface area contributed by atoms with E-state index >= 15 is 0 Å². The Bertz CT molecular complexity index is 1200. The van der Waals surface area contributed by atoms with Crippen molar-refractivity contribution in [3.8, 4) is 0 Å². The van der Waals surface area contributed by atoms with E-state index in [9.17, 15) is 24.3 Å². The number of carbonyl (C=O) groups is 4. The fourth-order valence-corrected chi connectivity index (χ4v) is 6.07. The Morgan fingerprint density at radius 3 is 1.83 bits per heavy atom. The molecular formula is C28H32N2O5. The Morgan fingerprint density at radius 1 is 0.771 bits per heavy atom. The van der Waals surface area contributed by atoms with Crippen molar-refractivity contribution in [1.82, 2.24) is 10.2 Å². The van der Waals surface area contributed by atoms with E-state index in [1.54, 1.807) is 12.1 Å². The molecule has 0 radical (unpaired) electrons. The largest absolute Gasteiger partial charge is 0.478 e. The van der Waals surface area contributed by atoms with Crippen LogP contribution in [0.25, 0.3) is 10.8 Å². The second kappa shape index (κ2) is 9.10. The van der Waals surface area contributed by atoms with Crippen molar-refractivity contribution in [2.75, 3.05) is 0 Å². The fourth-order valence-electron chi connectivity index (χ4n) is 6.07. The number of rotatable bonds is 4. The molecule has 0 bridgehead atoms. The number of benzene rings is 2. The number of carbonyl (C=O) groups excluding carboxylic acids is 3. The van der Waals surface area contributed by atoms with Crippen molar-refractivity contribution in [2.45, 2.75) is 77.3 Å². The van der Waals surface area contributed by atoms with Gasteiger partial charge in [-0.3, -0.25) is 19.3 Å². The number of aromatic carboxylic acids is 1. The van der Waals surface area contributed by atoms with Crippen molar-refractivity contribution in [3.63, 3.8) is 0 Å². The van der Waals surface area contributed by atoms with Gasteiger partial charge in [-0.05, 0) is 87.5 Å². The topological polar surface area (TPSA) is 104 Å². The molecule has 2 N–H and O–H groups in total. The van der Waals surface area contributed by atoms with Crippen LogP contribution in [0.1, 0.15) is 107 Å². The highest BCUT2D eigenvalue weighted by Gasteiger charge is 2.40. The van der Waals surface area contributed by atoms with E-state index in [2.05, 4.69) is 19.2 Å². The quantitative estimate of drug-likeness (QED) is 0.603. The molecule has 0 atom stereocenters. The second-order valence-electron chi connectivity index (χ2n) is 10.7. The smallest absolute Gasteiger partial charge is 0.336 e. The predicted molar refractivity (Wildman–Crippen MR) is 132 cm³/mol. The average molecular weight is 477 g/mol. The van der Waals surface area contributed by atoms with Gasteiger partial charge in [0.15, 0.2) is 0 Å². The van der Waals surface area contributed by atoms with Gasteiger partial charge in [-0.25, -0.2) is 4.79 Å². The van der Waals surface area contributed by atoms with Crippen LogP contribution >= 0.6 is 0 Å². The SMILES string of the molecule is CC1CCC(NC(=O)c2ccc3c4c(ccc(C(=O)O)c24)C(=O)N(C2CCC(C)CC2)C3=O)CC1. The Kier molecular flexibility index (Phi) is 6.11. The lowest BCUT2D eigenvalue weighted by molar-refractivity contribution is 0.0485. The molecule has 0 unspecified atom stereocenters. The van der Waals surface area contributed by atoms with Gasteiger partial charge in [0.05, 0.1) is 5.56 Å². The van der Waals surface area contributed by atoms with Crippen molar-refractivity contribution in [2.24, 2.45) is 11.8 Å². The van der Waals surface area contributed by atoms with Crippen LogP contribution < -0.4 is 5.32 Å². The van der Waals surface area contributed by atoms with Gasteiger partial charge >= 0.3 is 5.97 Å². The maximum absolute atomic E-state index is 13.6. The van der Waals surface area contributed by atoms with Gasteiger partial charge in [-0.1, -0.05) is 13.8 Å². The van der Waals surface area contributed by atoms with Crippen molar-refractivity contribution in [1.29, 1.82) is 0 Å². The summed E-state index contributed by atoms with van der Waals surface area (Å²) in [6.45, 7) is 4.38. The molecule has 2 aliphatic carbocycles. The number of nitrogens with zero attached hydrogens (tertiary/aromatic N) is 1. The Hall–Kier alpha value is -3.22. The highest BCUT2D eigenvalue weighted by Crippen LogP contribution is 2.38. The van der Waals surface area contributed by atoms with E-state index in [4.69, 9.17) is 0 Å². The van der Waals surface area contributed by atoms with Crippen LogP contribution in [0.15, 0.2) is 24.3 Å². The first-order chi connectivity index (χ1) is 16.8. The number of imide groups is 1. The monoisotopic (exact) mass is 476 g/mol. The summed E-state index contributed by atoms with van der Waals surface area (Å²) in [6.07, 6.45) is 7.29. The fraction of sp³-hybridized carbons (Fsp3) is 0.500. The lowest BCUT2D eigenvalue weighted by Gasteiger charge is -2.37.